The van der Waals surface area contributed by atoms with Crippen LogP contribution >= 0.6 is 27.7 Å². The zero-order valence-electron chi connectivity index (χ0n) is 22.3. The van der Waals surface area contributed by atoms with E-state index in [-0.39, 0.29) is 40.3 Å². The number of nitrogens with zero attached hydrogens (tertiary/aromatic N) is 3. The molecule has 3 amide bonds. The third-order valence-electron chi connectivity index (χ3n) is 8.22. The predicted octanol–water partition coefficient (Wildman–Crippen LogP) is 3.33. The Kier molecular flexibility index (Phi) is 8.79. The molecule has 1 spiro atoms. The largest absolute Gasteiger partial charge is 0.394 e. The Morgan fingerprint density at radius 1 is 1.21 bits per heavy atom. The second kappa shape index (κ2) is 11.6. The van der Waals surface area contributed by atoms with Crippen LogP contribution in [0.1, 0.15) is 25.8 Å². The molecule has 0 aliphatic carbocycles. The van der Waals surface area contributed by atoms with Gasteiger partial charge in [0.15, 0.2) is 0 Å². The van der Waals surface area contributed by atoms with Crippen molar-refractivity contribution in [1.82, 2.24) is 14.7 Å². The molecular formula is C29H38BrN3O4S. The molecule has 7 nitrogen and oxygen atoms in total. The van der Waals surface area contributed by atoms with Crippen LogP contribution in [-0.4, -0.2) is 91.2 Å². The lowest BCUT2D eigenvalue weighted by Gasteiger charge is -2.41. The number of rotatable bonds is 11. The third kappa shape index (κ3) is 4.75. The lowest BCUT2D eigenvalue weighted by Crippen LogP contribution is -2.58. The Morgan fingerprint density at radius 2 is 1.87 bits per heavy atom. The normalized spacial score (nSPS) is 30.3. The molecule has 0 saturated carbocycles. The second-order valence-electron chi connectivity index (χ2n) is 10.9. The van der Waals surface area contributed by atoms with Crippen molar-refractivity contribution in [3.63, 3.8) is 0 Å². The SMILES string of the molecule is C=CCN(C)C(=O)[C@H]1[C@H]2C(=O)N([C@@H](CO)C(C)C)C(C(=O)N(CC=C)Cc3ccccc3)C23CC(Br)[C@@H]1S3. The maximum absolute atomic E-state index is 14.5. The summed E-state index contributed by atoms with van der Waals surface area (Å²) < 4.78 is -0.763. The fourth-order valence-electron chi connectivity index (χ4n) is 6.51. The van der Waals surface area contributed by atoms with Gasteiger partial charge in [0.2, 0.25) is 17.7 Å². The molecule has 1 N–H and O–H groups in total. The standard InChI is InChI=1S/C29H38BrN3O4S/c1-6-13-31(5)26(35)22-23-27(36)33(21(17-34)18(3)4)25(29(23)15-20(30)24(22)38-29)28(37)32(14-7-2)16-19-11-9-8-10-12-19/h6-12,18,20-25,34H,1-2,13-17H2,3-5H3/t20?,21-,22-,23-,24-,25?,29?/m0/s1. The molecule has 3 aliphatic heterocycles. The van der Waals surface area contributed by atoms with Gasteiger partial charge in [-0.2, -0.15) is 0 Å². The van der Waals surface area contributed by atoms with Crippen molar-refractivity contribution in [3.8, 4) is 0 Å². The molecule has 7 atom stereocenters. The summed E-state index contributed by atoms with van der Waals surface area (Å²) in [5.74, 6) is -1.72. The van der Waals surface area contributed by atoms with Crippen LogP contribution in [0.15, 0.2) is 55.6 Å². The van der Waals surface area contributed by atoms with E-state index >= 15 is 0 Å². The van der Waals surface area contributed by atoms with Crippen molar-refractivity contribution < 1.29 is 19.5 Å². The van der Waals surface area contributed by atoms with E-state index < -0.39 is 28.7 Å². The van der Waals surface area contributed by atoms with Crippen molar-refractivity contribution in [2.75, 3.05) is 26.7 Å². The highest BCUT2D eigenvalue weighted by molar-refractivity contribution is 9.09. The number of likely N-dealkylation sites (N-methyl/N-ethyl adjacent to an activating group) is 1. The molecule has 0 aromatic heterocycles. The maximum Gasteiger partial charge on any atom is 0.247 e. The van der Waals surface area contributed by atoms with Crippen molar-refractivity contribution in [3.05, 3.63) is 61.2 Å². The molecule has 206 valence electrons. The Balaban J connectivity index is 1.81. The molecule has 2 bridgehead atoms. The third-order valence-corrected chi connectivity index (χ3v) is 11.4. The van der Waals surface area contributed by atoms with E-state index in [0.717, 1.165) is 5.56 Å². The van der Waals surface area contributed by atoms with Gasteiger partial charge in [-0.05, 0) is 17.9 Å². The summed E-state index contributed by atoms with van der Waals surface area (Å²) in [5.41, 5.74) is 0.982. The molecule has 38 heavy (non-hydrogen) atoms. The molecule has 3 saturated heterocycles. The predicted molar refractivity (Wildman–Crippen MR) is 155 cm³/mol. The summed E-state index contributed by atoms with van der Waals surface area (Å²) in [6, 6.07) is 8.43. The number of hydrogen-bond acceptors (Lipinski definition) is 5. The average molecular weight is 605 g/mol. The Morgan fingerprint density at radius 3 is 2.45 bits per heavy atom. The van der Waals surface area contributed by atoms with Crippen LogP contribution in [-0.2, 0) is 20.9 Å². The minimum absolute atomic E-state index is 0.00788. The minimum atomic E-state index is -0.791. The monoisotopic (exact) mass is 603 g/mol. The average Bonchev–Trinajstić information content (AvgIpc) is 3.48. The first kappa shape index (κ1) is 28.9. The number of benzene rings is 1. The van der Waals surface area contributed by atoms with Crippen LogP contribution in [0, 0.1) is 17.8 Å². The minimum Gasteiger partial charge on any atom is -0.394 e. The number of aliphatic hydroxyl groups excluding tert-OH is 1. The lowest BCUT2D eigenvalue weighted by molar-refractivity contribution is -0.147. The summed E-state index contributed by atoms with van der Waals surface area (Å²) in [7, 11) is 1.73. The smallest absolute Gasteiger partial charge is 0.247 e. The second-order valence-corrected chi connectivity index (χ2v) is 13.6. The fraction of sp³-hybridized carbons (Fsp3) is 0.552. The first-order chi connectivity index (χ1) is 18.1. The van der Waals surface area contributed by atoms with E-state index in [1.807, 2.05) is 44.2 Å². The van der Waals surface area contributed by atoms with Crippen molar-refractivity contribution in [2.24, 2.45) is 17.8 Å². The molecule has 3 aliphatic rings. The van der Waals surface area contributed by atoms with Crippen molar-refractivity contribution >= 4 is 45.4 Å². The quantitative estimate of drug-likeness (QED) is 0.310. The first-order valence-corrected chi connectivity index (χ1v) is 15.0. The highest BCUT2D eigenvalue weighted by Gasteiger charge is 2.76. The van der Waals surface area contributed by atoms with E-state index in [4.69, 9.17) is 0 Å². The number of halogens is 1. The van der Waals surface area contributed by atoms with Crippen molar-refractivity contribution in [2.45, 2.75) is 53.7 Å². The van der Waals surface area contributed by atoms with Crippen LogP contribution in [0.4, 0.5) is 0 Å². The van der Waals surface area contributed by atoms with Gasteiger partial charge >= 0.3 is 0 Å². The van der Waals surface area contributed by atoms with E-state index in [1.54, 1.807) is 45.7 Å². The number of alkyl halides is 1. The van der Waals surface area contributed by atoms with Gasteiger partial charge < -0.3 is 19.8 Å². The van der Waals surface area contributed by atoms with Gasteiger partial charge in [-0.25, -0.2) is 0 Å². The van der Waals surface area contributed by atoms with Crippen LogP contribution in [0.5, 0.6) is 0 Å². The van der Waals surface area contributed by atoms with E-state index in [2.05, 4.69) is 29.1 Å². The number of aliphatic hydroxyl groups is 1. The number of carbonyl (C=O) groups is 3. The summed E-state index contributed by atoms with van der Waals surface area (Å²) in [6.07, 6.45) is 3.97. The van der Waals surface area contributed by atoms with E-state index in [9.17, 15) is 19.5 Å². The Hall–Kier alpha value is -2.10. The summed E-state index contributed by atoms with van der Waals surface area (Å²) >= 11 is 5.43. The van der Waals surface area contributed by atoms with Gasteiger partial charge in [0.05, 0.1) is 29.2 Å². The molecule has 1 aromatic rings. The lowest BCUT2D eigenvalue weighted by atomic mass is 9.70. The van der Waals surface area contributed by atoms with Crippen LogP contribution in [0.3, 0.4) is 0 Å². The number of carbonyl (C=O) groups excluding carboxylic acids is 3. The number of hydrogen-bond donors (Lipinski definition) is 1. The van der Waals surface area contributed by atoms with Crippen LogP contribution < -0.4 is 0 Å². The molecule has 3 fully saturated rings. The zero-order valence-corrected chi connectivity index (χ0v) is 24.7. The van der Waals surface area contributed by atoms with Gasteiger partial charge in [-0.1, -0.05) is 72.3 Å². The number of thioether (sulfide) groups is 1. The van der Waals surface area contributed by atoms with Gasteiger partial charge in [0, 0.05) is 36.8 Å². The molecule has 3 heterocycles. The molecule has 3 unspecified atom stereocenters. The Bertz CT molecular complexity index is 1080. The topological polar surface area (TPSA) is 81.2 Å². The van der Waals surface area contributed by atoms with Crippen LogP contribution in [0.2, 0.25) is 0 Å². The van der Waals surface area contributed by atoms with E-state index in [0.29, 0.717) is 26.1 Å². The highest BCUT2D eigenvalue weighted by Crippen LogP contribution is 2.68. The molecule has 9 heteroatoms. The first-order valence-electron chi connectivity index (χ1n) is 13.2. The molecule has 1 aromatic carbocycles. The molecule has 4 rings (SSSR count). The van der Waals surface area contributed by atoms with Crippen LogP contribution in [0.25, 0.3) is 0 Å². The summed E-state index contributed by atoms with van der Waals surface area (Å²) in [5, 5.41) is 10.3. The van der Waals surface area contributed by atoms with Crippen molar-refractivity contribution in [1.29, 1.82) is 0 Å². The Labute approximate surface area is 238 Å². The van der Waals surface area contributed by atoms with Gasteiger partial charge in [0.1, 0.15) is 6.04 Å². The molecule has 0 radical (unpaired) electrons. The number of fused-ring (bicyclic) bond motifs is 1. The number of amides is 3. The molecular weight excluding hydrogens is 566 g/mol. The highest BCUT2D eigenvalue weighted by atomic mass is 79.9. The van der Waals surface area contributed by atoms with Gasteiger partial charge in [-0.15, -0.1) is 24.9 Å². The fourth-order valence-corrected chi connectivity index (χ4v) is 10.1. The van der Waals surface area contributed by atoms with Gasteiger partial charge in [-0.3, -0.25) is 14.4 Å². The summed E-state index contributed by atoms with van der Waals surface area (Å²) in [4.78, 5) is 47.6. The number of likely N-dealkylation sites (tertiary alicyclic amines) is 1. The van der Waals surface area contributed by atoms with Gasteiger partial charge in [0.25, 0.3) is 0 Å². The zero-order chi connectivity index (χ0) is 27.8. The maximum atomic E-state index is 14.5. The van der Waals surface area contributed by atoms with E-state index in [1.165, 1.54) is 0 Å². The summed E-state index contributed by atoms with van der Waals surface area (Å²) in [6.45, 7) is 12.4.